The molecule has 2 aromatic carbocycles. The van der Waals surface area contributed by atoms with E-state index in [2.05, 4.69) is 9.97 Å². The SMILES string of the molecule is COc1cccc(-c2nc(CSc3nc4ccccc4c(=O)n3C)c(C)o2)c1OC. The summed E-state index contributed by atoms with van der Waals surface area (Å²) < 4.78 is 18.3. The number of rotatable bonds is 6. The zero-order valence-corrected chi connectivity index (χ0v) is 17.9. The van der Waals surface area contributed by atoms with Gasteiger partial charge in [-0.1, -0.05) is 30.0 Å². The number of benzene rings is 2. The summed E-state index contributed by atoms with van der Waals surface area (Å²) in [4.78, 5) is 21.9. The fourth-order valence-corrected chi connectivity index (χ4v) is 4.17. The minimum atomic E-state index is -0.0678. The first-order chi connectivity index (χ1) is 14.5. The van der Waals surface area contributed by atoms with Gasteiger partial charge in [0.1, 0.15) is 5.76 Å². The molecule has 30 heavy (non-hydrogen) atoms. The number of nitrogens with zero attached hydrogens (tertiary/aromatic N) is 3. The molecule has 0 saturated carbocycles. The Balaban J connectivity index is 1.64. The number of aromatic nitrogens is 3. The molecule has 4 aromatic rings. The third kappa shape index (κ3) is 3.54. The molecule has 0 amide bonds. The van der Waals surface area contributed by atoms with Gasteiger partial charge in [-0.05, 0) is 31.2 Å². The number of methoxy groups -OCH3 is 2. The van der Waals surface area contributed by atoms with E-state index in [1.807, 2.05) is 43.3 Å². The van der Waals surface area contributed by atoms with Gasteiger partial charge in [0.15, 0.2) is 16.7 Å². The number of hydrogen-bond acceptors (Lipinski definition) is 7. The minimum Gasteiger partial charge on any atom is -0.493 e. The maximum absolute atomic E-state index is 12.6. The second-order valence-electron chi connectivity index (χ2n) is 6.63. The number of thioether (sulfide) groups is 1. The summed E-state index contributed by atoms with van der Waals surface area (Å²) in [6.07, 6.45) is 0. The fraction of sp³-hybridized carbons (Fsp3) is 0.227. The van der Waals surface area contributed by atoms with Gasteiger partial charge in [-0.2, -0.15) is 0 Å². The van der Waals surface area contributed by atoms with E-state index in [4.69, 9.17) is 13.9 Å². The molecule has 0 aliphatic heterocycles. The molecule has 0 fully saturated rings. The van der Waals surface area contributed by atoms with E-state index >= 15 is 0 Å². The average molecular weight is 423 g/mol. The van der Waals surface area contributed by atoms with E-state index in [9.17, 15) is 4.79 Å². The van der Waals surface area contributed by atoms with Crippen LogP contribution in [0, 0.1) is 6.92 Å². The lowest BCUT2D eigenvalue weighted by Gasteiger charge is -2.10. The molecule has 0 spiro atoms. The number of aryl methyl sites for hydroxylation is 1. The summed E-state index contributed by atoms with van der Waals surface area (Å²) in [7, 11) is 4.90. The Kier molecular flexibility index (Phi) is 5.50. The van der Waals surface area contributed by atoms with Crippen molar-refractivity contribution >= 4 is 22.7 Å². The Morgan fingerprint density at radius 1 is 1.07 bits per heavy atom. The summed E-state index contributed by atoms with van der Waals surface area (Å²) in [5.74, 6) is 2.85. The van der Waals surface area contributed by atoms with Crippen molar-refractivity contribution in [3.63, 3.8) is 0 Å². The fourth-order valence-electron chi connectivity index (χ4n) is 3.19. The predicted octanol–water partition coefficient (Wildman–Crippen LogP) is 4.21. The van der Waals surface area contributed by atoms with Gasteiger partial charge in [0.05, 0.1) is 36.4 Å². The standard InChI is InChI=1S/C22H21N3O4S/c1-13-17(23-20(29-13)15-9-7-11-18(27-3)19(15)28-4)12-30-22-24-16-10-6-5-8-14(16)21(26)25(22)2/h5-11H,12H2,1-4H3. The molecule has 8 heteroatoms. The topological polar surface area (TPSA) is 79.4 Å². The predicted molar refractivity (Wildman–Crippen MR) is 116 cm³/mol. The maximum Gasteiger partial charge on any atom is 0.261 e. The Morgan fingerprint density at radius 3 is 2.63 bits per heavy atom. The average Bonchev–Trinajstić information content (AvgIpc) is 3.14. The van der Waals surface area contributed by atoms with E-state index in [1.54, 1.807) is 31.9 Å². The van der Waals surface area contributed by atoms with Crippen LogP contribution in [0.2, 0.25) is 0 Å². The van der Waals surface area contributed by atoms with Crippen LogP contribution in [0.25, 0.3) is 22.4 Å². The molecule has 0 unspecified atom stereocenters. The van der Waals surface area contributed by atoms with Crippen LogP contribution in [0.15, 0.2) is 56.8 Å². The highest BCUT2D eigenvalue weighted by atomic mass is 32.2. The Labute approximate surface area is 177 Å². The van der Waals surface area contributed by atoms with Crippen molar-refractivity contribution in [2.45, 2.75) is 17.8 Å². The highest BCUT2D eigenvalue weighted by Crippen LogP contribution is 2.38. The van der Waals surface area contributed by atoms with E-state index < -0.39 is 0 Å². The molecule has 0 aliphatic rings. The van der Waals surface area contributed by atoms with Gasteiger partial charge in [-0.15, -0.1) is 0 Å². The minimum absolute atomic E-state index is 0.0678. The van der Waals surface area contributed by atoms with Crippen molar-refractivity contribution in [1.29, 1.82) is 0 Å². The monoisotopic (exact) mass is 423 g/mol. The maximum atomic E-state index is 12.6. The number of oxazole rings is 1. The molecule has 0 aliphatic carbocycles. The van der Waals surface area contributed by atoms with Crippen molar-refractivity contribution in [2.75, 3.05) is 14.2 Å². The molecule has 0 atom stereocenters. The van der Waals surface area contributed by atoms with Crippen LogP contribution in [0.3, 0.4) is 0 Å². The molecular formula is C22H21N3O4S. The first-order valence-corrected chi connectivity index (χ1v) is 10.3. The molecule has 154 valence electrons. The molecule has 0 bridgehead atoms. The van der Waals surface area contributed by atoms with Crippen LogP contribution in [0.4, 0.5) is 0 Å². The molecular weight excluding hydrogens is 402 g/mol. The number of ether oxygens (including phenoxy) is 2. The Morgan fingerprint density at radius 2 is 1.87 bits per heavy atom. The van der Waals surface area contributed by atoms with Crippen LogP contribution in [0.1, 0.15) is 11.5 Å². The molecule has 4 rings (SSSR count). The first-order valence-electron chi connectivity index (χ1n) is 9.29. The van der Waals surface area contributed by atoms with Crippen LogP contribution >= 0.6 is 11.8 Å². The molecule has 2 aromatic heterocycles. The van der Waals surface area contributed by atoms with E-state index in [1.165, 1.54) is 11.8 Å². The van der Waals surface area contributed by atoms with E-state index in [0.717, 1.165) is 5.69 Å². The summed E-state index contributed by atoms with van der Waals surface area (Å²) in [5, 5.41) is 1.23. The third-order valence-electron chi connectivity index (χ3n) is 4.81. The second-order valence-corrected chi connectivity index (χ2v) is 7.57. The second kappa shape index (κ2) is 8.23. The lowest BCUT2D eigenvalue weighted by Crippen LogP contribution is -2.19. The number of hydrogen-bond donors (Lipinski definition) is 0. The van der Waals surface area contributed by atoms with Crippen molar-refractivity contribution in [3.05, 3.63) is 64.3 Å². The van der Waals surface area contributed by atoms with Gasteiger partial charge >= 0.3 is 0 Å². The van der Waals surface area contributed by atoms with Crippen LogP contribution < -0.4 is 15.0 Å². The van der Waals surface area contributed by atoms with Gasteiger partial charge in [0.2, 0.25) is 5.89 Å². The van der Waals surface area contributed by atoms with E-state index in [0.29, 0.717) is 50.5 Å². The summed E-state index contributed by atoms with van der Waals surface area (Å²) in [5.41, 5.74) is 2.11. The van der Waals surface area contributed by atoms with Crippen molar-refractivity contribution in [2.24, 2.45) is 7.05 Å². The van der Waals surface area contributed by atoms with Crippen molar-refractivity contribution < 1.29 is 13.9 Å². The third-order valence-corrected chi connectivity index (χ3v) is 5.85. The van der Waals surface area contributed by atoms with Crippen LogP contribution in [-0.4, -0.2) is 28.8 Å². The molecule has 7 nitrogen and oxygen atoms in total. The Hall–Kier alpha value is -3.26. The summed E-state index contributed by atoms with van der Waals surface area (Å²) >= 11 is 1.44. The summed E-state index contributed by atoms with van der Waals surface area (Å²) in [6.45, 7) is 1.87. The largest absolute Gasteiger partial charge is 0.493 e. The molecule has 0 saturated heterocycles. The molecule has 0 radical (unpaired) electrons. The first kappa shape index (κ1) is 20.0. The molecule has 2 heterocycles. The lowest BCUT2D eigenvalue weighted by molar-refractivity contribution is 0.355. The highest BCUT2D eigenvalue weighted by Gasteiger charge is 2.19. The number of fused-ring (bicyclic) bond motifs is 1. The highest BCUT2D eigenvalue weighted by molar-refractivity contribution is 7.98. The zero-order valence-electron chi connectivity index (χ0n) is 17.1. The van der Waals surface area contributed by atoms with Crippen molar-refractivity contribution in [1.82, 2.24) is 14.5 Å². The van der Waals surface area contributed by atoms with Crippen LogP contribution in [-0.2, 0) is 12.8 Å². The molecule has 0 N–H and O–H groups in total. The van der Waals surface area contributed by atoms with Gasteiger partial charge in [0, 0.05) is 12.8 Å². The van der Waals surface area contributed by atoms with E-state index in [-0.39, 0.29) is 5.56 Å². The van der Waals surface area contributed by atoms with Crippen LogP contribution in [0.5, 0.6) is 11.5 Å². The van der Waals surface area contributed by atoms with Gasteiger partial charge < -0.3 is 13.9 Å². The quantitative estimate of drug-likeness (QED) is 0.340. The summed E-state index contributed by atoms with van der Waals surface area (Å²) in [6, 6.07) is 12.9. The zero-order chi connectivity index (χ0) is 21.3. The Bertz CT molecular complexity index is 1280. The van der Waals surface area contributed by atoms with Gasteiger partial charge in [-0.25, -0.2) is 9.97 Å². The van der Waals surface area contributed by atoms with Gasteiger partial charge in [-0.3, -0.25) is 9.36 Å². The van der Waals surface area contributed by atoms with Crippen molar-refractivity contribution in [3.8, 4) is 23.0 Å². The smallest absolute Gasteiger partial charge is 0.261 e. The normalized spacial score (nSPS) is 11.1. The lowest BCUT2D eigenvalue weighted by atomic mass is 10.2. The number of para-hydroxylation sites is 2. The van der Waals surface area contributed by atoms with Gasteiger partial charge in [0.25, 0.3) is 5.56 Å².